The Hall–Kier alpha value is -2.39. The van der Waals surface area contributed by atoms with Crippen LogP contribution in [0.1, 0.15) is 11.1 Å². The zero-order chi connectivity index (χ0) is 17.1. The van der Waals surface area contributed by atoms with E-state index in [1.165, 1.54) is 6.08 Å². The second kappa shape index (κ2) is 9.59. The first kappa shape index (κ1) is 18.7. The summed E-state index contributed by atoms with van der Waals surface area (Å²) in [6.45, 7) is 10.4. The van der Waals surface area contributed by atoms with Crippen LogP contribution in [0.3, 0.4) is 0 Å². The Balaban J connectivity index is 0.000000238. The number of rotatable bonds is 5. The smallest absolute Gasteiger partial charge is 0.242 e. The largest absolute Gasteiger partial charge is 0.544 e. The standard InChI is InChI=1S/C11H16OSi.C9H8O/c1-10(12-13(2,3)4)11-8-6-5-7-9-11;10-8-4-7-9-5-2-1-3-6-9/h5-9H,1H2,2-4H3;1-8H/b;7-4+. The van der Waals surface area contributed by atoms with Crippen LogP contribution in [-0.4, -0.2) is 14.6 Å². The third-order valence-electron chi connectivity index (χ3n) is 2.69. The summed E-state index contributed by atoms with van der Waals surface area (Å²) in [7, 11) is -1.50. The van der Waals surface area contributed by atoms with Crippen molar-refractivity contribution in [2.75, 3.05) is 0 Å². The summed E-state index contributed by atoms with van der Waals surface area (Å²) in [5.41, 5.74) is 2.12. The van der Waals surface area contributed by atoms with E-state index in [0.29, 0.717) is 0 Å². The second-order valence-corrected chi connectivity index (χ2v) is 10.3. The van der Waals surface area contributed by atoms with Gasteiger partial charge in [0.15, 0.2) is 0 Å². The number of hydrogen-bond acceptors (Lipinski definition) is 2. The summed E-state index contributed by atoms with van der Waals surface area (Å²) in [6, 6.07) is 19.7. The van der Waals surface area contributed by atoms with Crippen LogP contribution in [0.25, 0.3) is 11.8 Å². The SMILES string of the molecule is C=C(O[Si](C)(C)C)c1ccccc1.O=C/C=C/c1ccccc1. The molecule has 0 heterocycles. The number of allylic oxidation sites excluding steroid dienone is 1. The maximum Gasteiger partial charge on any atom is 0.242 e. The van der Waals surface area contributed by atoms with Gasteiger partial charge in [0.25, 0.3) is 0 Å². The van der Waals surface area contributed by atoms with Gasteiger partial charge >= 0.3 is 0 Å². The number of benzene rings is 2. The molecule has 0 unspecified atom stereocenters. The quantitative estimate of drug-likeness (QED) is 0.318. The highest BCUT2D eigenvalue weighted by molar-refractivity contribution is 6.70. The van der Waals surface area contributed by atoms with Gasteiger partial charge in [-0.1, -0.05) is 73.3 Å². The van der Waals surface area contributed by atoms with Crippen molar-refractivity contribution in [2.24, 2.45) is 0 Å². The van der Waals surface area contributed by atoms with Crippen molar-refractivity contribution in [3.05, 3.63) is 84.4 Å². The van der Waals surface area contributed by atoms with Gasteiger partial charge in [0.2, 0.25) is 8.32 Å². The molecule has 2 nitrogen and oxygen atoms in total. The van der Waals surface area contributed by atoms with E-state index < -0.39 is 8.32 Å². The molecule has 0 saturated heterocycles. The highest BCUT2D eigenvalue weighted by Crippen LogP contribution is 2.18. The molecule has 0 saturated carbocycles. The van der Waals surface area contributed by atoms with Crippen molar-refractivity contribution in [1.29, 1.82) is 0 Å². The average Bonchev–Trinajstić information content (AvgIpc) is 2.54. The van der Waals surface area contributed by atoms with E-state index in [0.717, 1.165) is 23.2 Å². The minimum atomic E-state index is -1.50. The lowest BCUT2D eigenvalue weighted by atomic mass is 10.2. The number of carbonyl (C=O) groups excluding carboxylic acids is 1. The molecule has 0 radical (unpaired) electrons. The molecular formula is C20H24O2Si. The van der Waals surface area contributed by atoms with Crippen LogP contribution in [0.2, 0.25) is 19.6 Å². The monoisotopic (exact) mass is 324 g/mol. The predicted octanol–water partition coefficient (Wildman–Crippen LogP) is 5.41. The first-order valence-electron chi connectivity index (χ1n) is 7.52. The van der Waals surface area contributed by atoms with Crippen molar-refractivity contribution < 1.29 is 9.22 Å². The Labute approximate surface area is 140 Å². The predicted molar refractivity (Wildman–Crippen MR) is 101 cm³/mol. The van der Waals surface area contributed by atoms with Crippen molar-refractivity contribution in [2.45, 2.75) is 19.6 Å². The summed E-state index contributed by atoms with van der Waals surface area (Å²) in [4.78, 5) is 9.89. The van der Waals surface area contributed by atoms with Crippen LogP contribution in [0.15, 0.2) is 73.3 Å². The molecule has 0 bridgehead atoms. The van der Waals surface area contributed by atoms with Gasteiger partial charge in [0, 0.05) is 5.56 Å². The van der Waals surface area contributed by atoms with Gasteiger partial charge in [-0.15, -0.1) is 0 Å². The molecule has 2 aromatic carbocycles. The van der Waals surface area contributed by atoms with E-state index in [-0.39, 0.29) is 0 Å². The van der Waals surface area contributed by atoms with Crippen molar-refractivity contribution in [3.63, 3.8) is 0 Å². The summed E-state index contributed by atoms with van der Waals surface area (Å²) in [6.07, 6.45) is 4.02. The first-order chi connectivity index (χ1) is 10.9. The molecule has 2 aromatic rings. The molecular weight excluding hydrogens is 300 g/mol. The summed E-state index contributed by atoms with van der Waals surface area (Å²) in [5.74, 6) is 0.791. The van der Waals surface area contributed by atoms with E-state index >= 15 is 0 Å². The van der Waals surface area contributed by atoms with Crippen molar-refractivity contribution in [1.82, 2.24) is 0 Å². The van der Waals surface area contributed by atoms with E-state index in [2.05, 4.69) is 26.2 Å². The lowest BCUT2D eigenvalue weighted by Crippen LogP contribution is -2.24. The summed E-state index contributed by atoms with van der Waals surface area (Å²) >= 11 is 0. The molecule has 0 spiro atoms. The zero-order valence-corrected chi connectivity index (χ0v) is 15.0. The molecule has 0 aliphatic heterocycles. The molecule has 2 rings (SSSR count). The molecule has 3 heteroatoms. The zero-order valence-electron chi connectivity index (χ0n) is 14.0. The minimum Gasteiger partial charge on any atom is -0.544 e. The molecule has 0 aliphatic rings. The third kappa shape index (κ3) is 8.59. The number of hydrogen-bond donors (Lipinski definition) is 0. The van der Waals surface area contributed by atoms with Gasteiger partial charge in [0.05, 0.1) is 0 Å². The Kier molecular flexibility index (Phi) is 7.78. The van der Waals surface area contributed by atoms with Crippen LogP contribution in [0, 0.1) is 0 Å². The Morgan fingerprint density at radius 2 is 1.48 bits per heavy atom. The highest BCUT2D eigenvalue weighted by Gasteiger charge is 2.17. The molecule has 0 aliphatic carbocycles. The maximum absolute atomic E-state index is 9.89. The average molecular weight is 324 g/mol. The fourth-order valence-electron chi connectivity index (χ4n) is 1.77. The molecule has 0 atom stereocenters. The van der Waals surface area contributed by atoms with E-state index in [1.54, 1.807) is 6.08 Å². The summed E-state index contributed by atoms with van der Waals surface area (Å²) < 4.78 is 5.77. The molecule has 120 valence electrons. The van der Waals surface area contributed by atoms with Crippen molar-refractivity contribution in [3.8, 4) is 0 Å². The van der Waals surface area contributed by atoms with Gasteiger partial charge in [-0.05, 0) is 31.3 Å². The van der Waals surface area contributed by atoms with Crippen LogP contribution in [0.4, 0.5) is 0 Å². The van der Waals surface area contributed by atoms with E-state index in [4.69, 9.17) is 4.43 Å². The molecule has 0 fully saturated rings. The Morgan fingerprint density at radius 3 is 1.96 bits per heavy atom. The third-order valence-corrected chi connectivity index (χ3v) is 3.55. The normalized spacial score (nSPS) is 10.6. The Bertz CT molecular complexity index is 626. The minimum absolute atomic E-state index is 0.771. The van der Waals surface area contributed by atoms with Gasteiger partial charge in [-0.2, -0.15) is 0 Å². The van der Waals surface area contributed by atoms with Gasteiger partial charge in [-0.3, -0.25) is 4.79 Å². The van der Waals surface area contributed by atoms with E-state index in [9.17, 15) is 4.79 Å². The lowest BCUT2D eigenvalue weighted by molar-refractivity contribution is -0.104. The fraction of sp³-hybridized carbons (Fsp3) is 0.150. The van der Waals surface area contributed by atoms with Gasteiger partial charge < -0.3 is 4.43 Å². The van der Waals surface area contributed by atoms with Crippen LogP contribution < -0.4 is 0 Å². The maximum atomic E-state index is 9.89. The highest BCUT2D eigenvalue weighted by atomic mass is 28.4. The second-order valence-electron chi connectivity index (χ2n) is 5.91. The topological polar surface area (TPSA) is 26.3 Å². The van der Waals surface area contributed by atoms with Crippen LogP contribution in [0.5, 0.6) is 0 Å². The number of aldehydes is 1. The van der Waals surface area contributed by atoms with Crippen molar-refractivity contribution >= 4 is 26.4 Å². The molecule has 0 aromatic heterocycles. The molecule has 0 amide bonds. The lowest BCUT2D eigenvalue weighted by Gasteiger charge is -2.20. The molecule has 23 heavy (non-hydrogen) atoms. The van der Waals surface area contributed by atoms with E-state index in [1.807, 2.05) is 60.7 Å². The first-order valence-corrected chi connectivity index (χ1v) is 10.9. The van der Waals surface area contributed by atoms with Gasteiger partial charge in [0.1, 0.15) is 12.0 Å². The summed E-state index contributed by atoms with van der Waals surface area (Å²) in [5, 5.41) is 0. The fourth-order valence-corrected chi connectivity index (χ4v) is 2.62. The molecule has 0 N–H and O–H groups in total. The van der Waals surface area contributed by atoms with Crippen LogP contribution in [-0.2, 0) is 9.22 Å². The van der Waals surface area contributed by atoms with Crippen LogP contribution >= 0.6 is 0 Å². The van der Waals surface area contributed by atoms with Gasteiger partial charge in [-0.25, -0.2) is 0 Å². The number of carbonyl (C=O) groups is 1. The Morgan fingerprint density at radius 1 is 0.957 bits per heavy atom.